The number of rotatable bonds is 7. The molecule has 1 heterocycles. The van der Waals surface area contributed by atoms with Gasteiger partial charge in [0.15, 0.2) is 0 Å². The van der Waals surface area contributed by atoms with Gasteiger partial charge in [-0.05, 0) is 11.1 Å². The Balaban J connectivity index is 1.72. The minimum atomic E-state index is -1.74. The van der Waals surface area contributed by atoms with Crippen molar-refractivity contribution in [2.24, 2.45) is 0 Å². The van der Waals surface area contributed by atoms with Crippen LogP contribution in [0.4, 0.5) is 0 Å². The maximum atomic E-state index is 9.40. The van der Waals surface area contributed by atoms with Gasteiger partial charge in [-0.2, -0.15) is 4.98 Å². The fourth-order valence-electron chi connectivity index (χ4n) is 2.15. The summed E-state index contributed by atoms with van der Waals surface area (Å²) in [6.45, 7) is 0.570. The van der Waals surface area contributed by atoms with E-state index >= 15 is 0 Å². The molecule has 0 atom stereocenters. The van der Waals surface area contributed by atoms with Crippen LogP contribution in [-0.2, 0) is 13.2 Å². The Bertz CT molecular complexity index is 739. The van der Waals surface area contributed by atoms with E-state index in [4.69, 9.17) is 9.47 Å². The third kappa shape index (κ3) is 5.04. The fourth-order valence-corrected chi connectivity index (χ4v) is 2.15. The van der Waals surface area contributed by atoms with E-state index in [1.807, 2.05) is 60.7 Å². The Morgan fingerprint density at radius 3 is 1.88 bits per heavy atom. The van der Waals surface area contributed by atoms with Gasteiger partial charge in [0, 0.05) is 6.07 Å². The predicted molar refractivity (Wildman–Crippen MR) is 93.4 cm³/mol. The van der Waals surface area contributed by atoms with Crippen LogP contribution in [0, 0.1) is 0 Å². The van der Waals surface area contributed by atoms with Crippen molar-refractivity contribution >= 4 is 12.7 Å². The Labute approximate surface area is 145 Å². The van der Waals surface area contributed by atoms with Crippen LogP contribution in [0.2, 0.25) is 0 Å². The van der Waals surface area contributed by atoms with Crippen molar-refractivity contribution in [1.29, 1.82) is 0 Å². The number of nitrogens with zero attached hydrogens (tertiary/aromatic N) is 2. The Morgan fingerprint density at radius 2 is 1.32 bits per heavy atom. The molecule has 0 saturated carbocycles. The molecule has 0 radical (unpaired) electrons. The number of benzene rings is 2. The highest BCUT2D eigenvalue weighted by Gasteiger charge is 2.17. The number of ether oxygens (including phenoxy) is 2. The van der Waals surface area contributed by atoms with Gasteiger partial charge in [0.2, 0.25) is 5.88 Å². The molecular formula is C18H17BN2O4. The van der Waals surface area contributed by atoms with Crippen molar-refractivity contribution in [1.82, 2.24) is 9.97 Å². The summed E-state index contributed by atoms with van der Waals surface area (Å²) < 4.78 is 11.2. The summed E-state index contributed by atoms with van der Waals surface area (Å²) in [5.74, 6) is 0.213. The quantitative estimate of drug-likeness (QED) is 0.633. The average Bonchev–Trinajstić information content (AvgIpc) is 2.66. The van der Waals surface area contributed by atoms with Crippen LogP contribution in [0.3, 0.4) is 0 Å². The van der Waals surface area contributed by atoms with Gasteiger partial charge < -0.3 is 19.5 Å². The first kappa shape index (κ1) is 16.9. The highest BCUT2D eigenvalue weighted by molar-refractivity contribution is 6.57. The van der Waals surface area contributed by atoms with Crippen molar-refractivity contribution in [3.63, 3.8) is 0 Å². The second kappa shape index (κ2) is 8.28. The van der Waals surface area contributed by atoms with Gasteiger partial charge in [0.05, 0.1) is 5.59 Å². The van der Waals surface area contributed by atoms with Crippen LogP contribution in [0.25, 0.3) is 0 Å². The molecule has 3 aromatic rings. The van der Waals surface area contributed by atoms with Gasteiger partial charge in [-0.3, -0.25) is 0 Å². The second-order valence-corrected chi connectivity index (χ2v) is 5.34. The van der Waals surface area contributed by atoms with Crippen LogP contribution in [0.1, 0.15) is 11.1 Å². The third-order valence-electron chi connectivity index (χ3n) is 3.41. The molecule has 0 spiro atoms. The van der Waals surface area contributed by atoms with E-state index in [0.717, 1.165) is 11.1 Å². The highest BCUT2D eigenvalue weighted by Crippen LogP contribution is 2.13. The van der Waals surface area contributed by atoms with Crippen LogP contribution in [0.15, 0.2) is 66.7 Å². The molecule has 2 N–H and O–H groups in total. The monoisotopic (exact) mass is 336 g/mol. The molecule has 7 heteroatoms. The lowest BCUT2D eigenvalue weighted by Crippen LogP contribution is -2.33. The van der Waals surface area contributed by atoms with Crippen LogP contribution in [0.5, 0.6) is 11.9 Å². The average molecular weight is 336 g/mol. The van der Waals surface area contributed by atoms with Gasteiger partial charge in [-0.15, -0.1) is 0 Å². The van der Waals surface area contributed by atoms with E-state index in [9.17, 15) is 10.0 Å². The molecule has 3 rings (SSSR count). The minimum Gasteiger partial charge on any atom is -0.473 e. The van der Waals surface area contributed by atoms with E-state index in [-0.39, 0.29) is 24.1 Å². The number of aromatic nitrogens is 2. The van der Waals surface area contributed by atoms with E-state index in [1.54, 1.807) is 0 Å². The van der Waals surface area contributed by atoms with Gasteiger partial charge in [0.25, 0.3) is 0 Å². The summed E-state index contributed by atoms with van der Waals surface area (Å²) in [6, 6.07) is 20.6. The van der Waals surface area contributed by atoms with E-state index < -0.39 is 7.12 Å². The molecule has 25 heavy (non-hydrogen) atoms. The van der Waals surface area contributed by atoms with Gasteiger partial charge in [0.1, 0.15) is 13.2 Å². The van der Waals surface area contributed by atoms with Gasteiger partial charge in [-0.25, -0.2) is 4.98 Å². The summed E-state index contributed by atoms with van der Waals surface area (Å²) >= 11 is 0. The molecule has 0 aliphatic rings. The van der Waals surface area contributed by atoms with Crippen molar-refractivity contribution < 1.29 is 19.5 Å². The van der Waals surface area contributed by atoms with Crippen LogP contribution < -0.4 is 15.1 Å². The first-order chi connectivity index (χ1) is 12.2. The summed E-state index contributed by atoms with van der Waals surface area (Å²) in [6.07, 6.45) is 0. The van der Waals surface area contributed by atoms with E-state index in [2.05, 4.69) is 9.97 Å². The first-order valence-corrected chi connectivity index (χ1v) is 7.79. The summed E-state index contributed by atoms with van der Waals surface area (Å²) in [7, 11) is -1.74. The Kier molecular flexibility index (Phi) is 5.61. The molecule has 0 aliphatic carbocycles. The summed E-state index contributed by atoms with van der Waals surface area (Å²) in [5.41, 5.74) is 1.94. The van der Waals surface area contributed by atoms with Crippen LogP contribution in [-0.4, -0.2) is 27.1 Å². The van der Waals surface area contributed by atoms with Crippen molar-refractivity contribution in [2.75, 3.05) is 0 Å². The maximum Gasteiger partial charge on any atom is 0.508 e. The highest BCUT2D eigenvalue weighted by atomic mass is 16.5. The molecule has 0 fully saturated rings. The lowest BCUT2D eigenvalue weighted by molar-refractivity contribution is 0.258. The fraction of sp³-hybridized carbons (Fsp3) is 0.111. The molecule has 0 unspecified atom stereocenters. The molecular weight excluding hydrogens is 319 g/mol. The third-order valence-corrected chi connectivity index (χ3v) is 3.41. The zero-order valence-corrected chi connectivity index (χ0v) is 13.4. The molecule has 1 aromatic heterocycles. The Hall–Kier alpha value is -2.90. The van der Waals surface area contributed by atoms with Crippen molar-refractivity contribution in [3.05, 3.63) is 77.9 Å². The largest absolute Gasteiger partial charge is 0.508 e. The van der Waals surface area contributed by atoms with Gasteiger partial charge in [-0.1, -0.05) is 60.7 Å². The van der Waals surface area contributed by atoms with E-state index in [0.29, 0.717) is 6.61 Å². The Morgan fingerprint density at radius 1 is 0.760 bits per heavy atom. The SMILES string of the molecule is OB(O)c1cc(OCc2ccccc2)nc(OCc2ccccc2)n1. The van der Waals surface area contributed by atoms with Crippen LogP contribution >= 0.6 is 0 Å². The predicted octanol–water partition coefficient (Wildman–Crippen LogP) is 1.31. The molecule has 2 aromatic carbocycles. The lowest BCUT2D eigenvalue weighted by Gasteiger charge is -2.10. The lowest BCUT2D eigenvalue weighted by atomic mass is 9.86. The molecule has 126 valence electrons. The number of hydrogen-bond acceptors (Lipinski definition) is 6. The standard InChI is InChI=1S/C18H17BN2O4/c22-19(23)16-11-17(24-12-14-7-3-1-4-8-14)21-18(20-16)25-13-15-9-5-2-6-10-15/h1-11,22-23H,12-13H2. The normalized spacial score (nSPS) is 10.3. The second-order valence-electron chi connectivity index (χ2n) is 5.34. The molecule has 0 bridgehead atoms. The van der Waals surface area contributed by atoms with Crippen molar-refractivity contribution in [2.45, 2.75) is 13.2 Å². The topological polar surface area (TPSA) is 84.7 Å². The number of hydrogen-bond donors (Lipinski definition) is 2. The van der Waals surface area contributed by atoms with E-state index in [1.165, 1.54) is 6.07 Å². The summed E-state index contributed by atoms with van der Waals surface area (Å²) in [4.78, 5) is 8.16. The zero-order valence-electron chi connectivity index (χ0n) is 13.4. The first-order valence-electron chi connectivity index (χ1n) is 7.79. The summed E-state index contributed by atoms with van der Waals surface area (Å²) in [5, 5.41) is 18.8. The maximum absolute atomic E-state index is 9.40. The molecule has 0 amide bonds. The molecule has 0 saturated heterocycles. The molecule has 6 nitrogen and oxygen atoms in total. The van der Waals surface area contributed by atoms with Crippen molar-refractivity contribution in [3.8, 4) is 11.9 Å². The smallest absolute Gasteiger partial charge is 0.473 e. The molecule has 0 aliphatic heterocycles. The zero-order chi connectivity index (χ0) is 17.5. The van der Waals surface area contributed by atoms with Gasteiger partial charge >= 0.3 is 13.1 Å². The minimum absolute atomic E-state index is 0.0149.